The first-order chi connectivity index (χ1) is 16.2. The molecule has 2 aromatic carbocycles. The number of anilines is 1. The number of rotatable bonds is 7. The number of nitrogens with zero attached hydrogens (tertiary/aromatic N) is 1. The average molecular weight is 459 g/mol. The minimum absolute atomic E-state index is 0.0780. The van der Waals surface area contributed by atoms with E-state index in [2.05, 4.69) is 11.9 Å². The van der Waals surface area contributed by atoms with Crippen LogP contribution in [0.2, 0.25) is 0 Å². The van der Waals surface area contributed by atoms with Crippen LogP contribution in [0.15, 0.2) is 66.2 Å². The summed E-state index contributed by atoms with van der Waals surface area (Å²) in [6, 6.07) is 15.7. The summed E-state index contributed by atoms with van der Waals surface area (Å²) in [5.74, 6) is 0.674. The van der Waals surface area contributed by atoms with Gasteiger partial charge in [0, 0.05) is 22.3 Å². The first-order valence-electron chi connectivity index (χ1n) is 11.6. The molecule has 0 radical (unpaired) electrons. The van der Waals surface area contributed by atoms with Crippen molar-refractivity contribution in [3.05, 3.63) is 88.3 Å². The number of nitrogens with one attached hydrogen (secondary N) is 1. The number of aliphatic imine (C=N–C) groups is 1. The lowest BCUT2D eigenvalue weighted by Crippen LogP contribution is -2.15. The van der Waals surface area contributed by atoms with Gasteiger partial charge in [-0.15, -0.1) is 11.3 Å². The van der Waals surface area contributed by atoms with Crippen molar-refractivity contribution in [2.24, 2.45) is 4.99 Å². The second kappa shape index (κ2) is 11.1. The Morgan fingerprint density at radius 1 is 1.09 bits per heavy atom. The van der Waals surface area contributed by atoms with E-state index >= 15 is 0 Å². The Morgan fingerprint density at radius 3 is 2.67 bits per heavy atom. The zero-order valence-corrected chi connectivity index (χ0v) is 19.9. The van der Waals surface area contributed by atoms with Crippen LogP contribution in [0.3, 0.4) is 0 Å². The van der Waals surface area contributed by atoms with Crippen LogP contribution in [-0.2, 0) is 12.8 Å². The Kier molecular flexibility index (Phi) is 7.74. The van der Waals surface area contributed by atoms with Crippen molar-refractivity contribution >= 4 is 34.1 Å². The van der Waals surface area contributed by atoms with Gasteiger partial charge in [-0.2, -0.15) is 0 Å². The van der Waals surface area contributed by atoms with Crippen LogP contribution in [0.25, 0.3) is 0 Å². The van der Waals surface area contributed by atoms with Crippen LogP contribution in [-0.4, -0.2) is 18.7 Å². The molecule has 170 valence electrons. The van der Waals surface area contributed by atoms with Crippen LogP contribution in [0.1, 0.15) is 57.6 Å². The summed E-state index contributed by atoms with van der Waals surface area (Å²) in [5.41, 5.74) is 4.66. The van der Waals surface area contributed by atoms with Gasteiger partial charge >= 0.3 is 0 Å². The molecule has 4 nitrogen and oxygen atoms in total. The highest BCUT2D eigenvalue weighted by atomic mass is 32.1. The highest BCUT2D eigenvalue weighted by Crippen LogP contribution is 2.39. The summed E-state index contributed by atoms with van der Waals surface area (Å²) in [7, 11) is 0. The smallest absolute Gasteiger partial charge is 0.259 e. The molecule has 0 spiro atoms. The summed E-state index contributed by atoms with van der Waals surface area (Å²) in [6.45, 7) is 6.16. The Morgan fingerprint density at radius 2 is 1.85 bits per heavy atom. The molecule has 3 aromatic rings. The van der Waals surface area contributed by atoms with Gasteiger partial charge in [0.25, 0.3) is 5.91 Å². The maximum Gasteiger partial charge on any atom is 0.259 e. The molecule has 1 aliphatic carbocycles. The molecule has 1 amide bonds. The van der Waals surface area contributed by atoms with E-state index in [-0.39, 0.29) is 5.91 Å². The number of hydrogen-bond donors (Lipinski definition) is 1. The van der Waals surface area contributed by atoms with E-state index in [0.29, 0.717) is 6.61 Å². The number of hydrogen-bond acceptors (Lipinski definition) is 4. The molecule has 0 atom stereocenters. The summed E-state index contributed by atoms with van der Waals surface area (Å²) in [4.78, 5) is 19.6. The molecular formula is C28H30N2O2S. The van der Waals surface area contributed by atoms with Crippen molar-refractivity contribution in [2.75, 3.05) is 11.9 Å². The minimum Gasteiger partial charge on any atom is -0.489 e. The van der Waals surface area contributed by atoms with Gasteiger partial charge in [0.1, 0.15) is 17.4 Å². The van der Waals surface area contributed by atoms with E-state index < -0.39 is 0 Å². The molecular weight excluding hydrogens is 428 g/mol. The summed E-state index contributed by atoms with van der Waals surface area (Å²) >= 11 is 1.65. The van der Waals surface area contributed by atoms with E-state index in [9.17, 15) is 4.79 Å². The van der Waals surface area contributed by atoms with E-state index in [1.54, 1.807) is 17.4 Å². The molecule has 0 bridgehead atoms. The minimum atomic E-state index is -0.0780. The normalized spacial score (nSPS) is 13.7. The van der Waals surface area contributed by atoms with Crippen LogP contribution < -0.4 is 10.1 Å². The van der Waals surface area contributed by atoms with E-state index in [4.69, 9.17) is 9.73 Å². The summed E-state index contributed by atoms with van der Waals surface area (Å²) in [5, 5.41) is 3.90. The van der Waals surface area contributed by atoms with Crippen molar-refractivity contribution in [1.29, 1.82) is 0 Å². The van der Waals surface area contributed by atoms with Crippen molar-refractivity contribution in [3.63, 3.8) is 0 Å². The van der Waals surface area contributed by atoms with Crippen molar-refractivity contribution < 1.29 is 9.53 Å². The Balaban J connectivity index is 1.71. The average Bonchev–Trinajstić information content (AvgIpc) is 3.14. The quantitative estimate of drug-likeness (QED) is 0.299. The zero-order valence-electron chi connectivity index (χ0n) is 19.1. The van der Waals surface area contributed by atoms with Gasteiger partial charge in [0.05, 0.1) is 5.56 Å². The standard InChI is InChI=1S/C28H30N2O2S/c1-3-18-32-24-16-11-9-13-21(24)19-29-28-26(22-14-6-4-5-7-17-25(22)33-28)27(31)30-23-15-10-8-12-20(23)2/h3,8-13,15-16,19H,1,4-7,14,17-18H2,2H3,(H,30,31). The monoisotopic (exact) mass is 458 g/mol. The van der Waals surface area contributed by atoms with Gasteiger partial charge in [-0.25, -0.2) is 4.99 Å². The largest absolute Gasteiger partial charge is 0.489 e. The number of para-hydroxylation sites is 2. The van der Waals surface area contributed by atoms with Crippen molar-refractivity contribution in [1.82, 2.24) is 0 Å². The molecule has 5 heteroatoms. The van der Waals surface area contributed by atoms with Gasteiger partial charge in [-0.3, -0.25) is 4.79 Å². The van der Waals surface area contributed by atoms with Crippen molar-refractivity contribution in [2.45, 2.75) is 45.4 Å². The maximum atomic E-state index is 13.5. The highest BCUT2D eigenvalue weighted by Gasteiger charge is 2.24. The number of amides is 1. The maximum absolute atomic E-state index is 13.5. The van der Waals surface area contributed by atoms with E-state index in [0.717, 1.165) is 58.8 Å². The third-order valence-corrected chi connectivity index (χ3v) is 7.07. The molecule has 1 aliphatic rings. The predicted octanol–water partition coefficient (Wildman–Crippen LogP) is 7.28. The Labute approximate surface area is 200 Å². The third kappa shape index (κ3) is 5.60. The van der Waals surface area contributed by atoms with Crippen LogP contribution in [0.5, 0.6) is 5.75 Å². The predicted molar refractivity (Wildman–Crippen MR) is 139 cm³/mol. The summed E-state index contributed by atoms with van der Waals surface area (Å²) < 4.78 is 5.77. The number of thiophene rings is 1. The molecule has 0 aliphatic heterocycles. The number of aryl methyl sites for hydroxylation is 2. The topological polar surface area (TPSA) is 50.7 Å². The first kappa shape index (κ1) is 23.0. The van der Waals surface area contributed by atoms with Gasteiger partial charge < -0.3 is 10.1 Å². The van der Waals surface area contributed by atoms with Gasteiger partial charge in [0.15, 0.2) is 0 Å². The molecule has 4 rings (SSSR count). The number of fused-ring (bicyclic) bond motifs is 1. The fourth-order valence-electron chi connectivity index (χ4n) is 4.12. The Hall–Kier alpha value is -3.18. The van der Waals surface area contributed by atoms with Crippen LogP contribution in [0.4, 0.5) is 10.7 Å². The molecule has 0 fully saturated rings. The second-order valence-electron chi connectivity index (χ2n) is 8.26. The fourth-order valence-corrected chi connectivity index (χ4v) is 5.35. The highest BCUT2D eigenvalue weighted by molar-refractivity contribution is 7.16. The molecule has 0 unspecified atom stereocenters. The summed E-state index contributed by atoms with van der Waals surface area (Å²) in [6.07, 6.45) is 10.2. The zero-order chi connectivity index (χ0) is 23.0. The molecule has 0 saturated carbocycles. The van der Waals surface area contributed by atoms with Gasteiger partial charge in [-0.1, -0.05) is 55.8 Å². The molecule has 33 heavy (non-hydrogen) atoms. The van der Waals surface area contributed by atoms with Gasteiger partial charge in [-0.05, 0) is 61.9 Å². The lowest BCUT2D eigenvalue weighted by atomic mass is 9.96. The second-order valence-corrected chi connectivity index (χ2v) is 9.35. The lowest BCUT2D eigenvalue weighted by Gasteiger charge is -2.12. The number of ether oxygens (including phenoxy) is 1. The Bertz CT molecular complexity index is 1160. The first-order valence-corrected chi connectivity index (χ1v) is 12.4. The van der Waals surface area contributed by atoms with Crippen molar-refractivity contribution in [3.8, 4) is 5.75 Å². The molecule has 1 N–H and O–H groups in total. The number of benzene rings is 2. The van der Waals surface area contributed by atoms with Crippen LogP contribution >= 0.6 is 11.3 Å². The van der Waals surface area contributed by atoms with Gasteiger partial charge in [0.2, 0.25) is 0 Å². The number of carbonyl (C=O) groups excluding carboxylic acids is 1. The molecule has 1 heterocycles. The third-order valence-electron chi connectivity index (χ3n) is 5.87. The lowest BCUT2D eigenvalue weighted by molar-refractivity contribution is 0.102. The van der Waals surface area contributed by atoms with E-state index in [1.165, 1.54) is 23.3 Å². The van der Waals surface area contributed by atoms with E-state index in [1.807, 2.05) is 61.7 Å². The SMILES string of the molecule is C=CCOc1ccccc1C=Nc1sc2c(c1C(=O)Nc1ccccc1C)CCCCCC2. The number of carbonyl (C=O) groups is 1. The molecule has 1 aromatic heterocycles. The fraction of sp³-hybridized carbons (Fsp3) is 0.286. The van der Waals surface area contributed by atoms with Crippen LogP contribution in [0, 0.1) is 6.92 Å². The molecule has 0 saturated heterocycles.